The lowest BCUT2D eigenvalue weighted by atomic mass is 9.81. The van der Waals surface area contributed by atoms with E-state index in [1.807, 2.05) is 12.1 Å². The van der Waals surface area contributed by atoms with Gasteiger partial charge in [0.25, 0.3) is 0 Å². The quantitative estimate of drug-likeness (QED) is 0.344. The first-order valence-corrected chi connectivity index (χ1v) is 12.4. The van der Waals surface area contributed by atoms with Gasteiger partial charge in [-0.15, -0.1) is 0 Å². The summed E-state index contributed by atoms with van der Waals surface area (Å²) in [6.07, 6.45) is 4.18. The number of hydrogen-bond acceptors (Lipinski definition) is 5. The maximum Gasteiger partial charge on any atom is 0.131 e. The molecule has 2 aliphatic heterocycles. The van der Waals surface area contributed by atoms with Crippen molar-refractivity contribution in [2.45, 2.75) is 84.8 Å². The molecule has 0 aromatic heterocycles. The van der Waals surface area contributed by atoms with E-state index in [0.717, 1.165) is 36.4 Å². The zero-order valence-electron chi connectivity index (χ0n) is 22.0. The van der Waals surface area contributed by atoms with Crippen molar-refractivity contribution in [1.29, 1.82) is 0 Å². The van der Waals surface area contributed by atoms with Crippen LogP contribution in [-0.2, 0) is 4.74 Å². The van der Waals surface area contributed by atoms with Crippen LogP contribution in [0.5, 0.6) is 11.5 Å². The van der Waals surface area contributed by atoms with Gasteiger partial charge in [0, 0.05) is 16.8 Å². The van der Waals surface area contributed by atoms with E-state index in [9.17, 15) is 0 Å². The minimum atomic E-state index is -0.162. The molecule has 184 valence electrons. The Hall–Kier alpha value is -2.50. The number of nitrogens with one attached hydrogen (secondary N) is 2. The van der Waals surface area contributed by atoms with Crippen molar-refractivity contribution >= 4 is 11.3 Å². The monoisotopic (exact) mass is 464 g/mol. The fourth-order valence-electron chi connectivity index (χ4n) is 5.32. The number of fused-ring (bicyclic) bond motifs is 5. The summed E-state index contributed by atoms with van der Waals surface area (Å²) in [4.78, 5) is 0. The summed E-state index contributed by atoms with van der Waals surface area (Å²) < 4.78 is 18.4. The van der Waals surface area contributed by atoms with Crippen LogP contribution in [0.25, 0.3) is 16.7 Å². The molecule has 4 rings (SSSR count). The summed E-state index contributed by atoms with van der Waals surface area (Å²) in [6.45, 7) is 15.8. The smallest absolute Gasteiger partial charge is 0.131 e. The van der Waals surface area contributed by atoms with Crippen LogP contribution in [0.3, 0.4) is 0 Å². The molecule has 5 heteroatoms. The fraction of sp³-hybridized carbons (Fsp3) is 0.517. The molecule has 0 saturated carbocycles. The Bertz CT molecular complexity index is 1080. The third kappa shape index (κ3) is 5.11. The summed E-state index contributed by atoms with van der Waals surface area (Å²) in [5.41, 5.74) is 6.97. The highest BCUT2D eigenvalue weighted by Gasteiger charge is 2.34. The van der Waals surface area contributed by atoms with E-state index >= 15 is 0 Å². The SMILES string of the molecule is COc1cccc2c1-c1ccc3c(c1C(CCCNC(C)OC(C)(C)C)O2)C(C)=CC(C)(C)N3. The predicted molar refractivity (Wildman–Crippen MR) is 141 cm³/mol. The van der Waals surface area contributed by atoms with E-state index < -0.39 is 0 Å². The van der Waals surface area contributed by atoms with Gasteiger partial charge in [-0.1, -0.05) is 18.2 Å². The van der Waals surface area contributed by atoms with Gasteiger partial charge in [-0.05, 0) is 97.2 Å². The summed E-state index contributed by atoms with van der Waals surface area (Å²) in [5.74, 6) is 1.73. The standard InChI is InChI=1S/C29H40N2O3/c1-18-17-29(6,7)31-21-15-14-20-26-22(32-8)11-9-12-23(26)33-24(27(20)25(18)21)13-10-16-30-19(2)34-28(3,4)5/h9,11-12,14-15,17,19,24,30-31H,10,13,16H2,1-8H3. The van der Waals surface area contributed by atoms with E-state index in [1.165, 1.54) is 28.0 Å². The van der Waals surface area contributed by atoms with Gasteiger partial charge in [-0.3, -0.25) is 5.32 Å². The lowest BCUT2D eigenvalue weighted by Crippen LogP contribution is -2.36. The molecule has 0 radical (unpaired) electrons. The van der Waals surface area contributed by atoms with Crippen LogP contribution >= 0.6 is 0 Å². The first kappa shape index (κ1) is 24.6. The molecule has 2 N–H and O–H groups in total. The molecule has 2 heterocycles. The van der Waals surface area contributed by atoms with Gasteiger partial charge in [0.2, 0.25) is 0 Å². The summed E-state index contributed by atoms with van der Waals surface area (Å²) >= 11 is 0. The number of methoxy groups -OCH3 is 1. The molecule has 2 atom stereocenters. The third-order valence-electron chi connectivity index (χ3n) is 6.35. The average Bonchev–Trinajstić information content (AvgIpc) is 2.73. The van der Waals surface area contributed by atoms with E-state index in [2.05, 4.69) is 83.4 Å². The number of hydrogen-bond donors (Lipinski definition) is 2. The van der Waals surface area contributed by atoms with Gasteiger partial charge in [0.15, 0.2) is 0 Å². The zero-order chi connectivity index (χ0) is 24.7. The lowest BCUT2D eigenvalue weighted by Gasteiger charge is -2.37. The number of benzene rings is 2. The Labute approximate surface area is 204 Å². The van der Waals surface area contributed by atoms with Crippen molar-refractivity contribution in [3.8, 4) is 22.6 Å². The third-order valence-corrected chi connectivity index (χ3v) is 6.35. The topological polar surface area (TPSA) is 51.8 Å². The fourth-order valence-corrected chi connectivity index (χ4v) is 5.32. The van der Waals surface area contributed by atoms with Crippen molar-refractivity contribution in [1.82, 2.24) is 5.32 Å². The maximum absolute atomic E-state index is 6.66. The Morgan fingerprint density at radius 3 is 2.62 bits per heavy atom. The lowest BCUT2D eigenvalue weighted by molar-refractivity contribution is -0.0656. The van der Waals surface area contributed by atoms with Crippen LogP contribution in [0.2, 0.25) is 0 Å². The molecule has 34 heavy (non-hydrogen) atoms. The molecule has 0 spiro atoms. The molecule has 0 saturated heterocycles. The van der Waals surface area contributed by atoms with E-state index in [-0.39, 0.29) is 23.5 Å². The average molecular weight is 465 g/mol. The molecule has 2 aromatic carbocycles. The maximum atomic E-state index is 6.66. The van der Waals surface area contributed by atoms with Crippen LogP contribution < -0.4 is 20.1 Å². The number of ether oxygens (including phenoxy) is 3. The Balaban J connectivity index is 1.65. The molecule has 0 bridgehead atoms. The minimum Gasteiger partial charge on any atom is -0.496 e. The van der Waals surface area contributed by atoms with Gasteiger partial charge in [-0.2, -0.15) is 0 Å². The first-order chi connectivity index (χ1) is 16.0. The second kappa shape index (κ2) is 9.27. The van der Waals surface area contributed by atoms with Gasteiger partial charge < -0.3 is 19.5 Å². The minimum absolute atomic E-state index is 0.00826. The van der Waals surface area contributed by atoms with Crippen LogP contribution in [0.1, 0.15) is 78.5 Å². The van der Waals surface area contributed by atoms with Crippen LogP contribution in [-0.4, -0.2) is 31.0 Å². The molecule has 5 nitrogen and oxygen atoms in total. The molecule has 2 aromatic rings. The summed E-state index contributed by atoms with van der Waals surface area (Å²) in [7, 11) is 1.72. The van der Waals surface area contributed by atoms with Crippen molar-refractivity contribution in [2.24, 2.45) is 0 Å². The molecule has 0 fully saturated rings. The van der Waals surface area contributed by atoms with Gasteiger partial charge in [0.05, 0.1) is 23.8 Å². The van der Waals surface area contributed by atoms with E-state index in [4.69, 9.17) is 14.2 Å². The number of anilines is 1. The van der Waals surface area contributed by atoms with Crippen molar-refractivity contribution < 1.29 is 14.2 Å². The van der Waals surface area contributed by atoms with Gasteiger partial charge >= 0.3 is 0 Å². The molecule has 2 unspecified atom stereocenters. The van der Waals surface area contributed by atoms with Crippen LogP contribution in [0, 0.1) is 0 Å². The Morgan fingerprint density at radius 2 is 1.91 bits per heavy atom. The Morgan fingerprint density at radius 1 is 1.15 bits per heavy atom. The number of allylic oxidation sites excluding steroid dienone is 1. The van der Waals surface area contributed by atoms with E-state index in [1.54, 1.807) is 7.11 Å². The highest BCUT2D eigenvalue weighted by atomic mass is 16.5. The van der Waals surface area contributed by atoms with Crippen molar-refractivity contribution in [3.05, 3.63) is 47.5 Å². The van der Waals surface area contributed by atoms with Gasteiger partial charge in [0.1, 0.15) is 23.8 Å². The Kier molecular flexibility index (Phi) is 6.71. The highest BCUT2D eigenvalue weighted by molar-refractivity contribution is 5.91. The molecule has 0 aliphatic carbocycles. The zero-order valence-corrected chi connectivity index (χ0v) is 22.0. The molecule has 2 aliphatic rings. The summed E-state index contributed by atoms with van der Waals surface area (Å²) in [6, 6.07) is 10.5. The van der Waals surface area contributed by atoms with Crippen molar-refractivity contribution in [3.63, 3.8) is 0 Å². The van der Waals surface area contributed by atoms with Crippen LogP contribution in [0.15, 0.2) is 36.4 Å². The highest BCUT2D eigenvalue weighted by Crippen LogP contribution is 2.52. The number of rotatable bonds is 7. The molecular weight excluding hydrogens is 424 g/mol. The summed E-state index contributed by atoms with van der Waals surface area (Å²) in [5, 5.41) is 7.20. The van der Waals surface area contributed by atoms with E-state index in [0.29, 0.717) is 0 Å². The molecule has 0 amide bonds. The predicted octanol–water partition coefficient (Wildman–Crippen LogP) is 6.93. The normalized spacial score (nSPS) is 19.1. The van der Waals surface area contributed by atoms with Crippen molar-refractivity contribution in [2.75, 3.05) is 19.0 Å². The van der Waals surface area contributed by atoms with Gasteiger partial charge in [-0.25, -0.2) is 0 Å². The molecular formula is C29H40N2O3. The second-order valence-electron chi connectivity index (χ2n) is 11.0. The second-order valence-corrected chi connectivity index (χ2v) is 11.0. The first-order valence-electron chi connectivity index (χ1n) is 12.4. The van der Waals surface area contributed by atoms with Crippen LogP contribution in [0.4, 0.5) is 5.69 Å². The largest absolute Gasteiger partial charge is 0.496 e.